The number of imidazole rings is 1. The predicted molar refractivity (Wildman–Crippen MR) is 106 cm³/mol. The Morgan fingerprint density at radius 1 is 1.19 bits per heavy atom. The molecule has 0 aliphatic rings. The molecule has 1 atom stereocenters. The van der Waals surface area contributed by atoms with E-state index in [1.807, 2.05) is 42.8 Å². The van der Waals surface area contributed by atoms with E-state index in [2.05, 4.69) is 15.0 Å². The number of carbonyl (C=O) groups excluding carboxylic acids is 2. The van der Waals surface area contributed by atoms with Crippen LogP contribution in [0, 0.1) is 0 Å². The van der Waals surface area contributed by atoms with Crippen molar-refractivity contribution in [2.45, 2.75) is 23.9 Å². The summed E-state index contributed by atoms with van der Waals surface area (Å²) < 4.78 is 6.67. The minimum atomic E-state index is -0.377. The summed E-state index contributed by atoms with van der Waals surface area (Å²) in [7, 11) is 3.30. The molecule has 27 heavy (non-hydrogen) atoms. The van der Waals surface area contributed by atoms with E-state index in [4.69, 9.17) is 0 Å². The molecule has 1 unspecified atom stereocenters. The number of nitrogens with zero attached hydrogens (tertiary/aromatic N) is 2. The van der Waals surface area contributed by atoms with Crippen LogP contribution in [0.25, 0.3) is 11.0 Å². The summed E-state index contributed by atoms with van der Waals surface area (Å²) in [5.41, 5.74) is 3.35. The third-order valence-electron chi connectivity index (χ3n) is 4.24. The number of carbonyl (C=O) groups is 2. The van der Waals surface area contributed by atoms with Gasteiger partial charge in [-0.2, -0.15) is 0 Å². The topological polar surface area (TPSA) is 73.2 Å². The van der Waals surface area contributed by atoms with Gasteiger partial charge in [-0.05, 0) is 36.8 Å². The Morgan fingerprint density at radius 3 is 2.56 bits per heavy atom. The van der Waals surface area contributed by atoms with E-state index < -0.39 is 0 Å². The molecule has 0 bridgehead atoms. The van der Waals surface area contributed by atoms with Crippen LogP contribution in [0.5, 0.6) is 0 Å². The average Bonchev–Trinajstić information content (AvgIpc) is 3.01. The standard InChI is InChI=1S/C20H21N3O3S/c1-13(27-20-22-16-6-4-5-7-17(16)23(20)2)18(24)21-12-14-8-10-15(11-9-14)19(25)26-3/h4-11,13H,12H2,1-3H3,(H,21,24). The number of para-hydroxylation sites is 2. The lowest BCUT2D eigenvalue weighted by Gasteiger charge is -2.12. The normalized spacial score (nSPS) is 12.0. The molecule has 0 aliphatic carbocycles. The molecule has 6 nitrogen and oxygen atoms in total. The van der Waals surface area contributed by atoms with Gasteiger partial charge in [0.1, 0.15) is 0 Å². The lowest BCUT2D eigenvalue weighted by Crippen LogP contribution is -2.30. The van der Waals surface area contributed by atoms with Gasteiger partial charge in [0.2, 0.25) is 5.91 Å². The van der Waals surface area contributed by atoms with Gasteiger partial charge in [-0.3, -0.25) is 4.79 Å². The number of rotatable bonds is 6. The lowest BCUT2D eigenvalue weighted by atomic mass is 10.1. The smallest absolute Gasteiger partial charge is 0.337 e. The van der Waals surface area contributed by atoms with Gasteiger partial charge in [0.15, 0.2) is 5.16 Å². The first kappa shape index (κ1) is 19.0. The summed E-state index contributed by atoms with van der Waals surface area (Å²) >= 11 is 1.43. The number of fused-ring (bicyclic) bond motifs is 1. The Morgan fingerprint density at radius 2 is 1.89 bits per heavy atom. The van der Waals surface area contributed by atoms with Crippen molar-refractivity contribution in [3.63, 3.8) is 0 Å². The highest BCUT2D eigenvalue weighted by molar-refractivity contribution is 8.00. The van der Waals surface area contributed by atoms with E-state index in [0.29, 0.717) is 12.1 Å². The lowest BCUT2D eigenvalue weighted by molar-refractivity contribution is -0.120. The number of esters is 1. The second-order valence-corrected chi connectivity index (χ2v) is 7.42. The fraction of sp³-hybridized carbons (Fsp3) is 0.250. The van der Waals surface area contributed by atoms with Crippen molar-refractivity contribution in [3.05, 3.63) is 59.7 Å². The van der Waals surface area contributed by atoms with Crippen molar-refractivity contribution < 1.29 is 14.3 Å². The number of thioether (sulfide) groups is 1. The van der Waals surface area contributed by atoms with Crippen LogP contribution in [0.2, 0.25) is 0 Å². The molecule has 0 spiro atoms. The van der Waals surface area contributed by atoms with Gasteiger partial charge in [0, 0.05) is 13.6 Å². The monoisotopic (exact) mass is 383 g/mol. The van der Waals surface area contributed by atoms with Gasteiger partial charge >= 0.3 is 5.97 Å². The van der Waals surface area contributed by atoms with Gasteiger partial charge in [-0.1, -0.05) is 36.0 Å². The van der Waals surface area contributed by atoms with Crippen LogP contribution in [0.1, 0.15) is 22.8 Å². The largest absolute Gasteiger partial charge is 0.465 e. The molecule has 1 N–H and O–H groups in total. The van der Waals surface area contributed by atoms with Gasteiger partial charge in [0.05, 0.1) is 29.0 Å². The summed E-state index contributed by atoms with van der Waals surface area (Å²) in [6, 6.07) is 14.9. The molecule has 1 amide bonds. The number of methoxy groups -OCH3 is 1. The van der Waals surface area contributed by atoms with Crippen LogP contribution in [-0.4, -0.2) is 33.8 Å². The van der Waals surface area contributed by atoms with Crippen LogP contribution in [0.4, 0.5) is 0 Å². The molecule has 1 heterocycles. The molecule has 7 heteroatoms. The van der Waals surface area contributed by atoms with Gasteiger partial charge in [-0.15, -0.1) is 0 Å². The number of ether oxygens (including phenoxy) is 1. The summed E-state index contributed by atoms with van der Waals surface area (Å²) in [6.45, 7) is 2.26. The van der Waals surface area contributed by atoms with Gasteiger partial charge < -0.3 is 14.6 Å². The summed E-state index contributed by atoms with van der Waals surface area (Å²) in [6.07, 6.45) is 0. The number of aromatic nitrogens is 2. The predicted octanol–water partition coefficient (Wildman–Crippen LogP) is 3.16. The summed E-state index contributed by atoms with van der Waals surface area (Å²) in [5, 5.41) is 3.45. The highest BCUT2D eigenvalue weighted by atomic mass is 32.2. The van der Waals surface area contributed by atoms with Gasteiger partial charge in [-0.25, -0.2) is 9.78 Å². The number of hydrogen-bond donors (Lipinski definition) is 1. The van der Waals surface area contributed by atoms with Crippen LogP contribution < -0.4 is 5.32 Å². The van der Waals surface area contributed by atoms with Crippen molar-refractivity contribution in [2.24, 2.45) is 7.05 Å². The zero-order valence-electron chi connectivity index (χ0n) is 15.4. The molecule has 0 saturated heterocycles. The molecule has 0 fully saturated rings. The zero-order chi connectivity index (χ0) is 19.4. The van der Waals surface area contributed by atoms with Crippen molar-refractivity contribution in [3.8, 4) is 0 Å². The minimum Gasteiger partial charge on any atom is -0.465 e. The molecule has 2 aromatic carbocycles. The van der Waals surface area contributed by atoms with Crippen LogP contribution >= 0.6 is 11.8 Å². The van der Waals surface area contributed by atoms with Crippen molar-refractivity contribution >= 4 is 34.7 Å². The van der Waals surface area contributed by atoms with Crippen molar-refractivity contribution in [1.82, 2.24) is 14.9 Å². The first-order valence-corrected chi connectivity index (χ1v) is 9.40. The molecule has 140 valence electrons. The maximum absolute atomic E-state index is 12.4. The Balaban J connectivity index is 1.59. The fourth-order valence-corrected chi connectivity index (χ4v) is 3.56. The van der Waals surface area contributed by atoms with E-state index in [9.17, 15) is 9.59 Å². The number of amides is 1. The average molecular weight is 383 g/mol. The Bertz CT molecular complexity index is 966. The Hall–Kier alpha value is -2.80. The Kier molecular flexibility index (Phi) is 5.81. The van der Waals surface area contributed by atoms with E-state index in [-0.39, 0.29) is 17.1 Å². The number of hydrogen-bond acceptors (Lipinski definition) is 5. The van der Waals surface area contributed by atoms with Crippen LogP contribution in [0.15, 0.2) is 53.7 Å². The molecule has 0 aliphatic heterocycles. The molecule has 0 saturated carbocycles. The Labute approximate surface area is 161 Å². The first-order chi connectivity index (χ1) is 13.0. The van der Waals surface area contributed by atoms with Gasteiger partial charge in [0.25, 0.3) is 0 Å². The molecule has 1 aromatic heterocycles. The summed E-state index contributed by atoms with van der Waals surface area (Å²) in [4.78, 5) is 28.5. The van der Waals surface area contributed by atoms with E-state index in [1.54, 1.807) is 24.3 Å². The van der Waals surface area contributed by atoms with Crippen LogP contribution in [-0.2, 0) is 23.1 Å². The number of aryl methyl sites for hydroxylation is 1. The molecule has 3 aromatic rings. The van der Waals surface area contributed by atoms with E-state index in [0.717, 1.165) is 21.8 Å². The number of nitrogens with one attached hydrogen (secondary N) is 1. The molecular weight excluding hydrogens is 362 g/mol. The van der Waals surface area contributed by atoms with Crippen molar-refractivity contribution in [1.29, 1.82) is 0 Å². The minimum absolute atomic E-state index is 0.0656. The van der Waals surface area contributed by atoms with E-state index >= 15 is 0 Å². The third-order valence-corrected chi connectivity index (χ3v) is 5.38. The second-order valence-electron chi connectivity index (χ2n) is 6.11. The SMILES string of the molecule is COC(=O)c1ccc(CNC(=O)C(C)Sc2nc3ccccc3n2C)cc1. The third kappa shape index (κ3) is 4.31. The van der Waals surface area contributed by atoms with Crippen molar-refractivity contribution in [2.75, 3.05) is 7.11 Å². The van der Waals surface area contributed by atoms with Crippen LogP contribution in [0.3, 0.4) is 0 Å². The first-order valence-electron chi connectivity index (χ1n) is 8.52. The highest BCUT2D eigenvalue weighted by Crippen LogP contribution is 2.26. The second kappa shape index (κ2) is 8.26. The maximum atomic E-state index is 12.4. The highest BCUT2D eigenvalue weighted by Gasteiger charge is 2.18. The molecular formula is C20H21N3O3S. The quantitative estimate of drug-likeness (QED) is 0.523. The van der Waals surface area contributed by atoms with E-state index in [1.165, 1.54) is 18.9 Å². The maximum Gasteiger partial charge on any atom is 0.337 e. The molecule has 0 radical (unpaired) electrons. The molecule has 3 rings (SSSR count). The zero-order valence-corrected chi connectivity index (χ0v) is 16.2. The number of benzene rings is 2. The fourth-order valence-electron chi connectivity index (χ4n) is 2.65. The summed E-state index contributed by atoms with van der Waals surface area (Å²) in [5.74, 6) is -0.442.